The smallest absolute Gasteiger partial charge is 0.243 e. The molecule has 166 valence electrons. The van der Waals surface area contributed by atoms with Gasteiger partial charge in [0, 0.05) is 41.8 Å². The van der Waals surface area contributed by atoms with E-state index in [0.29, 0.717) is 36.1 Å². The summed E-state index contributed by atoms with van der Waals surface area (Å²) in [5, 5.41) is 3.66. The van der Waals surface area contributed by atoms with Crippen LogP contribution in [0.2, 0.25) is 5.02 Å². The SMILES string of the molecule is O=C(CN1CCSc2ccc(S(=O)(=O)N3CCCC3)cc21)NCCc1ccc(Cl)cc1. The fourth-order valence-corrected chi connectivity index (χ4v) is 6.58. The lowest BCUT2D eigenvalue weighted by atomic mass is 10.1. The van der Waals surface area contributed by atoms with E-state index in [2.05, 4.69) is 5.32 Å². The number of hydrogen-bond donors (Lipinski definition) is 1. The van der Waals surface area contributed by atoms with Crippen molar-refractivity contribution in [2.24, 2.45) is 0 Å². The normalized spacial score (nSPS) is 16.9. The molecule has 9 heteroatoms. The molecule has 0 atom stereocenters. The van der Waals surface area contributed by atoms with E-state index in [9.17, 15) is 13.2 Å². The summed E-state index contributed by atoms with van der Waals surface area (Å²) < 4.78 is 27.5. The van der Waals surface area contributed by atoms with Gasteiger partial charge in [-0.15, -0.1) is 11.8 Å². The molecule has 2 aliphatic heterocycles. The van der Waals surface area contributed by atoms with Crippen molar-refractivity contribution in [3.63, 3.8) is 0 Å². The number of halogens is 1. The lowest BCUT2D eigenvalue weighted by Crippen LogP contribution is -2.40. The predicted octanol–water partition coefficient (Wildman–Crippen LogP) is 3.40. The van der Waals surface area contributed by atoms with E-state index in [1.54, 1.807) is 28.2 Å². The number of hydrogen-bond acceptors (Lipinski definition) is 5. The highest BCUT2D eigenvalue weighted by molar-refractivity contribution is 7.99. The Labute approximate surface area is 193 Å². The Kier molecular flexibility index (Phi) is 7.11. The summed E-state index contributed by atoms with van der Waals surface area (Å²) in [6.45, 7) is 2.61. The minimum Gasteiger partial charge on any atom is -0.360 e. The van der Waals surface area contributed by atoms with Gasteiger partial charge in [-0.2, -0.15) is 4.31 Å². The van der Waals surface area contributed by atoms with Crippen molar-refractivity contribution in [1.82, 2.24) is 9.62 Å². The second-order valence-electron chi connectivity index (χ2n) is 7.74. The molecule has 1 fully saturated rings. The Morgan fingerprint density at radius 2 is 1.81 bits per heavy atom. The third-order valence-corrected chi connectivity index (χ3v) is 8.77. The molecular weight excluding hydrogens is 454 g/mol. The molecule has 0 bridgehead atoms. The van der Waals surface area contributed by atoms with Gasteiger partial charge < -0.3 is 10.2 Å². The van der Waals surface area contributed by atoms with Gasteiger partial charge in [0.15, 0.2) is 0 Å². The van der Waals surface area contributed by atoms with Gasteiger partial charge in [-0.05, 0) is 55.2 Å². The first-order valence-electron chi connectivity index (χ1n) is 10.5. The summed E-state index contributed by atoms with van der Waals surface area (Å²) in [5.74, 6) is 0.795. The van der Waals surface area contributed by atoms with E-state index in [1.807, 2.05) is 35.2 Å². The van der Waals surface area contributed by atoms with Crippen molar-refractivity contribution in [3.05, 3.63) is 53.1 Å². The molecule has 0 radical (unpaired) electrons. The van der Waals surface area contributed by atoms with Crippen molar-refractivity contribution in [2.75, 3.05) is 43.4 Å². The molecule has 1 amide bonds. The second kappa shape index (κ2) is 9.81. The highest BCUT2D eigenvalue weighted by Crippen LogP contribution is 2.37. The molecule has 0 aliphatic carbocycles. The number of nitrogens with one attached hydrogen (secondary N) is 1. The van der Waals surface area contributed by atoms with Crippen LogP contribution in [-0.2, 0) is 21.2 Å². The van der Waals surface area contributed by atoms with Gasteiger partial charge in [-0.1, -0.05) is 23.7 Å². The topological polar surface area (TPSA) is 69.7 Å². The number of anilines is 1. The quantitative estimate of drug-likeness (QED) is 0.659. The number of amides is 1. The van der Waals surface area contributed by atoms with Gasteiger partial charge in [-0.3, -0.25) is 4.79 Å². The Morgan fingerprint density at radius 1 is 1.06 bits per heavy atom. The van der Waals surface area contributed by atoms with Gasteiger partial charge in [0.1, 0.15) is 0 Å². The molecule has 2 aliphatic rings. The van der Waals surface area contributed by atoms with E-state index in [0.717, 1.165) is 41.2 Å². The zero-order valence-electron chi connectivity index (χ0n) is 17.2. The van der Waals surface area contributed by atoms with E-state index < -0.39 is 10.0 Å². The van der Waals surface area contributed by atoms with Crippen LogP contribution in [0.1, 0.15) is 18.4 Å². The average molecular weight is 480 g/mol. The highest BCUT2D eigenvalue weighted by Gasteiger charge is 2.29. The van der Waals surface area contributed by atoms with Crippen LogP contribution in [0.3, 0.4) is 0 Å². The van der Waals surface area contributed by atoms with E-state index in [1.165, 1.54) is 0 Å². The molecule has 2 aromatic carbocycles. The first kappa shape index (κ1) is 22.5. The molecule has 31 heavy (non-hydrogen) atoms. The van der Waals surface area contributed by atoms with Gasteiger partial charge in [-0.25, -0.2) is 8.42 Å². The van der Waals surface area contributed by atoms with Crippen LogP contribution in [0.5, 0.6) is 0 Å². The number of carbonyl (C=O) groups excluding carboxylic acids is 1. The van der Waals surface area contributed by atoms with Crippen LogP contribution < -0.4 is 10.2 Å². The number of rotatable bonds is 7. The number of sulfonamides is 1. The molecule has 2 heterocycles. The van der Waals surface area contributed by atoms with Crippen LogP contribution in [-0.4, -0.2) is 57.1 Å². The standard InChI is InChI=1S/C22H26ClN3O3S2/c23-18-5-3-17(4-6-18)9-10-24-22(27)16-25-13-14-30-21-8-7-19(15-20(21)25)31(28,29)26-11-1-2-12-26/h3-8,15H,1-2,9-14,16H2,(H,24,27). The fraction of sp³-hybridized carbons (Fsp3) is 0.409. The monoisotopic (exact) mass is 479 g/mol. The summed E-state index contributed by atoms with van der Waals surface area (Å²) >= 11 is 7.60. The summed E-state index contributed by atoms with van der Waals surface area (Å²) in [7, 11) is -3.48. The van der Waals surface area contributed by atoms with Gasteiger partial charge in [0.05, 0.1) is 17.1 Å². The minimum absolute atomic E-state index is 0.0698. The molecular formula is C22H26ClN3O3S2. The van der Waals surface area contributed by atoms with E-state index in [-0.39, 0.29) is 12.5 Å². The fourth-order valence-electron chi connectivity index (χ4n) is 3.88. The lowest BCUT2D eigenvalue weighted by molar-refractivity contribution is -0.119. The number of carbonyl (C=O) groups is 1. The maximum absolute atomic E-state index is 13.0. The van der Waals surface area contributed by atoms with Crippen molar-refractivity contribution >= 4 is 45.0 Å². The number of nitrogens with zero attached hydrogens (tertiary/aromatic N) is 2. The van der Waals surface area contributed by atoms with E-state index >= 15 is 0 Å². The largest absolute Gasteiger partial charge is 0.360 e. The molecule has 0 spiro atoms. The van der Waals surface area contributed by atoms with Crippen LogP contribution in [0.4, 0.5) is 5.69 Å². The molecule has 0 unspecified atom stereocenters. The van der Waals surface area contributed by atoms with Crippen molar-refractivity contribution in [3.8, 4) is 0 Å². The van der Waals surface area contributed by atoms with Crippen LogP contribution in [0, 0.1) is 0 Å². The van der Waals surface area contributed by atoms with Gasteiger partial charge >= 0.3 is 0 Å². The average Bonchev–Trinajstić information content (AvgIpc) is 3.31. The zero-order chi connectivity index (χ0) is 21.8. The Hall–Kier alpha value is -1.74. The maximum Gasteiger partial charge on any atom is 0.243 e. The first-order chi connectivity index (χ1) is 14.9. The third-order valence-electron chi connectivity index (χ3n) is 5.58. The number of benzene rings is 2. The Balaban J connectivity index is 1.41. The molecule has 1 saturated heterocycles. The molecule has 2 aromatic rings. The Bertz CT molecular complexity index is 1040. The third kappa shape index (κ3) is 5.37. The van der Waals surface area contributed by atoms with Crippen LogP contribution >= 0.6 is 23.4 Å². The molecule has 0 saturated carbocycles. The molecule has 1 N–H and O–H groups in total. The Morgan fingerprint density at radius 3 is 2.55 bits per heavy atom. The summed E-state index contributed by atoms with van der Waals surface area (Å²) in [6.07, 6.45) is 2.54. The minimum atomic E-state index is -3.48. The van der Waals surface area contributed by atoms with Crippen LogP contribution in [0.15, 0.2) is 52.3 Å². The summed E-state index contributed by atoms with van der Waals surface area (Å²) in [6, 6.07) is 12.9. The molecule has 6 nitrogen and oxygen atoms in total. The van der Waals surface area contributed by atoms with Gasteiger partial charge in [0.2, 0.25) is 15.9 Å². The lowest BCUT2D eigenvalue weighted by Gasteiger charge is -2.31. The van der Waals surface area contributed by atoms with Crippen molar-refractivity contribution in [2.45, 2.75) is 29.1 Å². The molecule has 4 rings (SSSR count). The zero-order valence-corrected chi connectivity index (χ0v) is 19.6. The predicted molar refractivity (Wildman–Crippen MR) is 126 cm³/mol. The second-order valence-corrected chi connectivity index (χ2v) is 11.2. The maximum atomic E-state index is 13.0. The van der Waals surface area contributed by atoms with Crippen molar-refractivity contribution < 1.29 is 13.2 Å². The number of fused-ring (bicyclic) bond motifs is 1. The molecule has 0 aromatic heterocycles. The van der Waals surface area contributed by atoms with Gasteiger partial charge in [0.25, 0.3) is 0 Å². The van der Waals surface area contributed by atoms with Crippen LogP contribution in [0.25, 0.3) is 0 Å². The summed E-state index contributed by atoms with van der Waals surface area (Å²) in [4.78, 5) is 15.9. The number of thioether (sulfide) groups is 1. The summed E-state index contributed by atoms with van der Waals surface area (Å²) in [5.41, 5.74) is 1.94. The first-order valence-corrected chi connectivity index (χ1v) is 13.3. The highest BCUT2D eigenvalue weighted by atomic mass is 35.5. The van der Waals surface area contributed by atoms with E-state index in [4.69, 9.17) is 11.6 Å². The van der Waals surface area contributed by atoms with Crippen molar-refractivity contribution in [1.29, 1.82) is 0 Å².